The molecular formula is C44H50N6O6S. The first kappa shape index (κ1) is 38.6. The summed E-state index contributed by atoms with van der Waals surface area (Å²) in [5, 5.41) is 11.1. The van der Waals surface area contributed by atoms with Crippen molar-refractivity contribution >= 4 is 46.2 Å². The van der Waals surface area contributed by atoms with Gasteiger partial charge in [0.05, 0.1) is 22.5 Å². The number of benzene rings is 2. The number of nitrogens with zero attached hydrogens (tertiary/aromatic N) is 3. The Morgan fingerprint density at radius 1 is 0.895 bits per heavy atom. The van der Waals surface area contributed by atoms with Crippen LogP contribution < -0.4 is 20.7 Å². The highest BCUT2D eigenvalue weighted by Gasteiger charge is 2.61. The third kappa shape index (κ3) is 8.98. The Morgan fingerprint density at radius 3 is 2.46 bits per heavy atom. The summed E-state index contributed by atoms with van der Waals surface area (Å²) in [5.74, 6) is -0.922. The number of hydrogen-bond donors (Lipinski definition) is 3. The second kappa shape index (κ2) is 17.5. The highest BCUT2D eigenvalue weighted by molar-refractivity contribution is 7.13. The monoisotopic (exact) mass is 790 g/mol. The average molecular weight is 791 g/mol. The van der Waals surface area contributed by atoms with E-state index < -0.39 is 35.7 Å². The van der Waals surface area contributed by atoms with Gasteiger partial charge in [0.1, 0.15) is 35.5 Å². The number of amides is 4. The predicted octanol–water partition coefficient (Wildman–Crippen LogP) is 6.50. The molecule has 4 heterocycles. The van der Waals surface area contributed by atoms with Crippen LogP contribution in [0.15, 0.2) is 84.3 Å². The summed E-state index contributed by atoms with van der Waals surface area (Å²) < 4.78 is 12.4. The number of allylic oxidation sites excluding steroid dienone is 1. The zero-order valence-electron chi connectivity index (χ0n) is 32.1. The molecule has 8 rings (SSSR count). The lowest BCUT2D eigenvalue weighted by atomic mass is 10.0. The lowest BCUT2D eigenvalue weighted by Gasteiger charge is -2.30. The van der Waals surface area contributed by atoms with Crippen LogP contribution in [-0.2, 0) is 25.5 Å². The van der Waals surface area contributed by atoms with Crippen molar-refractivity contribution in [3.8, 4) is 16.5 Å². The topological polar surface area (TPSA) is 152 Å². The summed E-state index contributed by atoms with van der Waals surface area (Å²) in [6.45, 7) is 0.495. The summed E-state index contributed by atoms with van der Waals surface area (Å²) in [4.78, 5) is 68.7. The Morgan fingerprint density at radius 2 is 1.67 bits per heavy atom. The number of para-hydroxylation sites is 2. The minimum atomic E-state index is -1.14. The third-order valence-electron chi connectivity index (χ3n) is 11.6. The SMILES string of the molecule is O=C(N[C@@H]1CCCCC/C=C\[C@H]2C[C@]2(C(=O)NCCc2ccccc2)NC(=O)[C@@H]2C[C@H](Oc3nc4ccccc4nc3-c3cccs3)CN2C1=O)OC1CCCC1. The summed E-state index contributed by atoms with van der Waals surface area (Å²) in [6, 6.07) is 19.5. The molecule has 3 N–H and O–H groups in total. The zero-order chi connectivity index (χ0) is 39.2. The zero-order valence-corrected chi connectivity index (χ0v) is 32.9. The summed E-state index contributed by atoms with van der Waals surface area (Å²) >= 11 is 1.52. The maximum atomic E-state index is 14.7. The minimum Gasteiger partial charge on any atom is -0.471 e. The molecule has 2 aliphatic carbocycles. The van der Waals surface area contributed by atoms with Gasteiger partial charge in [-0.25, -0.2) is 14.8 Å². The van der Waals surface area contributed by atoms with Gasteiger partial charge in [-0.3, -0.25) is 14.4 Å². The molecule has 0 unspecified atom stereocenters. The molecule has 0 radical (unpaired) electrons. The molecular weight excluding hydrogens is 741 g/mol. The fourth-order valence-electron chi connectivity index (χ4n) is 8.42. The maximum Gasteiger partial charge on any atom is 0.408 e. The molecule has 2 aromatic carbocycles. The van der Waals surface area contributed by atoms with Gasteiger partial charge in [-0.05, 0) is 86.9 Å². The van der Waals surface area contributed by atoms with Crippen LogP contribution >= 0.6 is 11.3 Å². The number of carbonyl (C=O) groups excluding carboxylic acids is 4. The molecule has 0 spiro atoms. The molecule has 4 aliphatic rings. The van der Waals surface area contributed by atoms with Gasteiger partial charge in [-0.2, -0.15) is 0 Å². The molecule has 12 nitrogen and oxygen atoms in total. The number of nitrogens with one attached hydrogen (secondary N) is 3. The van der Waals surface area contributed by atoms with Crippen molar-refractivity contribution in [1.29, 1.82) is 0 Å². The van der Waals surface area contributed by atoms with Crippen molar-refractivity contribution in [3.05, 3.63) is 89.8 Å². The quantitative estimate of drug-likeness (QED) is 0.163. The van der Waals surface area contributed by atoms with Crippen LogP contribution in [0.5, 0.6) is 5.88 Å². The van der Waals surface area contributed by atoms with Gasteiger partial charge in [-0.1, -0.05) is 73.5 Å². The summed E-state index contributed by atoms with van der Waals surface area (Å²) in [5.41, 5.74) is 1.93. The number of fused-ring (bicyclic) bond motifs is 3. The van der Waals surface area contributed by atoms with Crippen LogP contribution in [0.1, 0.15) is 76.2 Å². The van der Waals surface area contributed by atoms with Crippen molar-refractivity contribution in [2.24, 2.45) is 5.92 Å². The van der Waals surface area contributed by atoms with Crippen molar-refractivity contribution in [3.63, 3.8) is 0 Å². The number of ether oxygens (including phenoxy) is 2. The number of rotatable bonds is 9. The molecule has 298 valence electrons. The molecule has 4 amide bonds. The van der Waals surface area contributed by atoms with Gasteiger partial charge in [-0.15, -0.1) is 11.3 Å². The van der Waals surface area contributed by atoms with Crippen molar-refractivity contribution in [2.75, 3.05) is 13.1 Å². The van der Waals surface area contributed by atoms with E-state index in [-0.39, 0.29) is 36.8 Å². The third-order valence-corrected chi connectivity index (χ3v) is 12.5. The van der Waals surface area contributed by atoms with Crippen molar-refractivity contribution in [1.82, 2.24) is 30.8 Å². The Bertz CT molecular complexity index is 2090. The van der Waals surface area contributed by atoms with Gasteiger partial charge in [0.2, 0.25) is 23.6 Å². The average Bonchev–Trinajstić information content (AvgIpc) is 3.72. The Hall–Kier alpha value is -5.30. The number of hydrogen-bond acceptors (Lipinski definition) is 9. The lowest BCUT2D eigenvalue weighted by molar-refractivity contribution is -0.141. The van der Waals surface area contributed by atoms with Crippen LogP contribution in [0.25, 0.3) is 21.6 Å². The largest absolute Gasteiger partial charge is 0.471 e. The van der Waals surface area contributed by atoms with Crippen LogP contribution in [0.2, 0.25) is 0 Å². The van der Waals surface area contributed by atoms with E-state index in [1.807, 2.05) is 78.2 Å². The fraction of sp³-hybridized carbons (Fsp3) is 0.455. The highest BCUT2D eigenvalue weighted by Crippen LogP contribution is 2.45. The predicted molar refractivity (Wildman–Crippen MR) is 217 cm³/mol. The second-order valence-corrected chi connectivity index (χ2v) is 16.6. The first-order valence-corrected chi connectivity index (χ1v) is 21.3. The standard InChI is InChI=1S/C44H50N6O6S/c51-39-36-26-32(55-40-38(37-22-13-25-57-37)46-33-19-11-12-20-34(33)47-40)28-50(36)41(52)35(48-43(54)56-31-17-9-10-18-31)21-8-3-1-2-7-16-30-27-44(30,49-39)42(53)45-24-23-29-14-5-4-6-15-29/h4-7,11-16,19-20,22,25,30-32,35-36H,1-3,8-10,17-18,21,23-24,26-28H2,(H,45,53)(H,48,54)(H,49,51)/b16-7-/t30-,32-,35+,36-,44-/m0/s1. The molecule has 5 atom stereocenters. The Balaban J connectivity index is 1.07. The molecule has 4 aromatic rings. The van der Waals surface area contributed by atoms with Crippen molar-refractivity contribution in [2.45, 2.75) is 107 Å². The van der Waals surface area contributed by atoms with E-state index in [0.29, 0.717) is 49.3 Å². The number of thiophene rings is 1. The summed E-state index contributed by atoms with van der Waals surface area (Å²) in [6.07, 6.45) is 11.3. The molecule has 1 saturated heterocycles. The minimum absolute atomic E-state index is 0.0742. The Labute approximate surface area is 336 Å². The molecule has 3 fully saturated rings. The molecule has 57 heavy (non-hydrogen) atoms. The van der Waals surface area contributed by atoms with Gasteiger partial charge in [0.15, 0.2) is 0 Å². The lowest BCUT2D eigenvalue weighted by Crippen LogP contribution is -2.58. The molecule has 2 aromatic heterocycles. The van der Waals surface area contributed by atoms with E-state index in [1.54, 1.807) is 0 Å². The fourth-order valence-corrected chi connectivity index (χ4v) is 9.13. The van der Waals surface area contributed by atoms with Crippen molar-refractivity contribution < 1.29 is 28.7 Å². The number of carbonyl (C=O) groups is 4. The second-order valence-electron chi connectivity index (χ2n) is 15.7. The van der Waals surface area contributed by atoms with Crippen LogP contribution in [0.3, 0.4) is 0 Å². The highest BCUT2D eigenvalue weighted by atomic mass is 32.1. The maximum absolute atomic E-state index is 14.7. The van der Waals surface area contributed by atoms with E-state index in [1.165, 1.54) is 16.2 Å². The van der Waals surface area contributed by atoms with Gasteiger partial charge < -0.3 is 30.3 Å². The van der Waals surface area contributed by atoms with Gasteiger partial charge in [0, 0.05) is 18.9 Å². The van der Waals surface area contributed by atoms with E-state index in [4.69, 9.17) is 19.4 Å². The number of alkyl carbamates (subject to hydrolysis) is 1. The van der Waals surface area contributed by atoms with E-state index >= 15 is 0 Å². The van der Waals surface area contributed by atoms with Gasteiger partial charge >= 0.3 is 6.09 Å². The van der Waals surface area contributed by atoms with Crippen LogP contribution in [-0.4, -0.2) is 81.6 Å². The Kier molecular flexibility index (Phi) is 11.8. The first-order chi connectivity index (χ1) is 27.9. The molecule has 13 heteroatoms. The van der Waals surface area contributed by atoms with Gasteiger partial charge in [0.25, 0.3) is 0 Å². The normalized spacial score (nSPS) is 26.0. The van der Waals surface area contributed by atoms with E-state index in [2.05, 4.69) is 22.0 Å². The molecule has 2 saturated carbocycles. The van der Waals surface area contributed by atoms with E-state index in [9.17, 15) is 19.2 Å². The van der Waals surface area contributed by atoms with Crippen LogP contribution in [0, 0.1) is 5.92 Å². The number of aromatic nitrogens is 2. The smallest absolute Gasteiger partial charge is 0.408 e. The first-order valence-electron chi connectivity index (χ1n) is 20.4. The molecule has 0 bridgehead atoms. The van der Waals surface area contributed by atoms with Crippen LogP contribution in [0.4, 0.5) is 4.79 Å². The molecule has 2 aliphatic heterocycles. The van der Waals surface area contributed by atoms with E-state index in [0.717, 1.165) is 60.9 Å². The summed E-state index contributed by atoms with van der Waals surface area (Å²) in [7, 11) is 0.